The van der Waals surface area contributed by atoms with E-state index in [0.717, 1.165) is 41.2 Å². The first-order chi connectivity index (χ1) is 16.5. The molecule has 0 aliphatic heterocycles. The smallest absolute Gasteiger partial charge is 0.259 e. The molecule has 0 fully saturated rings. The van der Waals surface area contributed by atoms with Crippen molar-refractivity contribution < 1.29 is 14.7 Å². The molecule has 0 bridgehead atoms. The Morgan fingerprint density at radius 2 is 1.59 bits per heavy atom. The van der Waals surface area contributed by atoms with Crippen LogP contribution in [0.5, 0.6) is 5.75 Å². The van der Waals surface area contributed by atoms with Crippen molar-refractivity contribution in [2.45, 2.75) is 32.2 Å². The van der Waals surface area contributed by atoms with E-state index in [2.05, 4.69) is 22.8 Å². The van der Waals surface area contributed by atoms with Crippen molar-refractivity contribution in [3.63, 3.8) is 0 Å². The second-order valence-electron chi connectivity index (χ2n) is 8.84. The summed E-state index contributed by atoms with van der Waals surface area (Å²) in [6.45, 7) is 1.85. The maximum Gasteiger partial charge on any atom is 0.259 e. The van der Waals surface area contributed by atoms with Gasteiger partial charge in [0.2, 0.25) is 0 Å². The van der Waals surface area contributed by atoms with Crippen LogP contribution in [-0.2, 0) is 6.42 Å². The molecule has 5 rings (SSSR count). The summed E-state index contributed by atoms with van der Waals surface area (Å²) in [7, 11) is 0. The van der Waals surface area contributed by atoms with Crippen molar-refractivity contribution >= 4 is 28.3 Å². The van der Waals surface area contributed by atoms with Crippen molar-refractivity contribution in [3.8, 4) is 5.75 Å². The van der Waals surface area contributed by atoms with Crippen molar-refractivity contribution in [2.75, 3.05) is 5.32 Å². The quantitative estimate of drug-likeness (QED) is 0.361. The van der Waals surface area contributed by atoms with E-state index in [-0.39, 0.29) is 23.3 Å². The van der Waals surface area contributed by atoms with Crippen LogP contribution < -0.4 is 10.6 Å². The first-order valence-electron chi connectivity index (χ1n) is 11.5. The standard InChI is InChI=1S/C29H26N2O3/c1-18-13-14-27(32)24(15-18)29(34)31-26-17-21-9-3-2-8-20(21)16-23(26)28(33)30-25-12-6-10-19-7-4-5-11-22(19)25/h2-5,7-9,11,13-17,25,32H,6,10,12H2,1H3,(H,30,33)(H,31,34). The maximum atomic E-state index is 13.5. The van der Waals surface area contributed by atoms with E-state index < -0.39 is 5.91 Å². The van der Waals surface area contributed by atoms with Gasteiger partial charge in [0, 0.05) is 0 Å². The lowest BCUT2D eigenvalue weighted by atomic mass is 9.87. The van der Waals surface area contributed by atoms with Gasteiger partial charge in [0.1, 0.15) is 5.75 Å². The van der Waals surface area contributed by atoms with Crippen LogP contribution in [0.2, 0.25) is 0 Å². The number of aromatic hydroxyl groups is 1. The number of nitrogens with one attached hydrogen (secondary N) is 2. The number of hydrogen-bond donors (Lipinski definition) is 3. The number of carbonyl (C=O) groups excluding carboxylic acids is 2. The number of rotatable bonds is 4. The lowest BCUT2D eigenvalue weighted by Gasteiger charge is -2.26. The van der Waals surface area contributed by atoms with E-state index in [1.807, 2.05) is 55.5 Å². The molecule has 2 amide bonds. The van der Waals surface area contributed by atoms with Gasteiger partial charge in [-0.15, -0.1) is 0 Å². The molecule has 1 unspecified atom stereocenters. The molecular formula is C29H26N2O3. The lowest BCUT2D eigenvalue weighted by Crippen LogP contribution is -2.31. The van der Waals surface area contributed by atoms with Gasteiger partial charge < -0.3 is 15.7 Å². The third-order valence-corrected chi connectivity index (χ3v) is 6.45. The van der Waals surface area contributed by atoms with Gasteiger partial charge in [0.25, 0.3) is 11.8 Å². The Labute approximate surface area is 198 Å². The molecule has 5 nitrogen and oxygen atoms in total. The van der Waals surface area contributed by atoms with E-state index in [0.29, 0.717) is 11.3 Å². The van der Waals surface area contributed by atoms with Gasteiger partial charge in [0.15, 0.2) is 0 Å². The minimum atomic E-state index is -0.464. The zero-order valence-electron chi connectivity index (χ0n) is 19.0. The van der Waals surface area contributed by atoms with Gasteiger partial charge >= 0.3 is 0 Å². The van der Waals surface area contributed by atoms with E-state index in [1.54, 1.807) is 12.1 Å². The summed E-state index contributed by atoms with van der Waals surface area (Å²) in [5.41, 5.74) is 4.24. The molecule has 4 aromatic rings. The third-order valence-electron chi connectivity index (χ3n) is 6.45. The molecule has 1 aliphatic rings. The number of phenolic OH excluding ortho intramolecular Hbond substituents is 1. The lowest BCUT2D eigenvalue weighted by molar-refractivity contribution is 0.0933. The Balaban J connectivity index is 1.50. The molecule has 0 spiro atoms. The topological polar surface area (TPSA) is 78.4 Å². The third kappa shape index (κ3) is 4.25. The average molecular weight is 451 g/mol. The van der Waals surface area contributed by atoms with Gasteiger partial charge in [-0.2, -0.15) is 0 Å². The van der Waals surface area contributed by atoms with Crippen LogP contribution in [0.1, 0.15) is 56.3 Å². The molecule has 0 radical (unpaired) electrons. The summed E-state index contributed by atoms with van der Waals surface area (Å²) in [6.07, 6.45) is 2.89. The van der Waals surface area contributed by atoms with Crippen molar-refractivity contribution in [1.82, 2.24) is 5.32 Å². The SMILES string of the molecule is Cc1ccc(O)c(C(=O)Nc2cc3ccccc3cc2C(=O)NC2CCCc3ccccc32)c1. The summed E-state index contributed by atoms with van der Waals surface area (Å²) in [5, 5.41) is 18.1. The van der Waals surface area contributed by atoms with E-state index in [9.17, 15) is 14.7 Å². The monoisotopic (exact) mass is 450 g/mol. The number of aryl methyl sites for hydroxylation is 2. The molecule has 0 saturated heterocycles. The fourth-order valence-corrected chi connectivity index (χ4v) is 4.69. The molecule has 1 atom stereocenters. The highest BCUT2D eigenvalue weighted by atomic mass is 16.3. The van der Waals surface area contributed by atoms with Gasteiger partial charge in [-0.25, -0.2) is 0 Å². The summed E-state index contributed by atoms with van der Waals surface area (Å²) in [4.78, 5) is 26.6. The normalized spacial score (nSPS) is 14.9. The Morgan fingerprint density at radius 1 is 0.853 bits per heavy atom. The van der Waals surface area contributed by atoms with Crippen LogP contribution in [0.3, 0.4) is 0 Å². The average Bonchev–Trinajstić information content (AvgIpc) is 2.85. The number of phenols is 1. The Bertz CT molecular complexity index is 1410. The molecule has 0 saturated carbocycles. The summed E-state index contributed by atoms with van der Waals surface area (Å²) < 4.78 is 0. The number of anilines is 1. The van der Waals surface area contributed by atoms with Crippen LogP contribution >= 0.6 is 0 Å². The molecule has 5 heteroatoms. The number of benzene rings is 4. The first kappa shape index (κ1) is 21.7. The van der Waals surface area contributed by atoms with Crippen molar-refractivity contribution in [2.24, 2.45) is 0 Å². The van der Waals surface area contributed by atoms with Crippen LogP contribution in [-0.4, -0.2) is 16.9 Å². The number of fused-ring (bicyclic) bond motifs is 2. The highest BCUT2D eigenvalue weighted by molar-refractivity contribution is 6.12. The van der Waals surface area contributed by atoms with Crippen LogP contribution in [0.15, 0.2) is 78.9 Å². The number of hydrogen-bond acceptors (Lipinski definition) is 3. The minimum absolute atomic E-state index is 0.0757. The fraction of sp³-hybridized carbons (Fsp3) is 0.172. The second-order valence-corrected chi connectivity index (χ2v) is 8.84. The Morgan fingerprint density at radius 3 is 2.41 bits per heavy atom. The number of carbonyl (C=O) groups is 2. The summed E-state index contributed by atoms with van der Waals surface area (Å²) in [5.74, 6) is -0.807. The molecule has 170 valence electrons. The molecule has 4 aromatic carbocycles. The molecule has 1 aliphatic carbocycles. The predicted octanol–water partition coefficient (Wildman–Crippen LogP) is 5.91. The van der Waals surface area contributed by atoms with E-state index in [4.69, 9.17) is 0 Å². The highest BCUT2D eigenvalue weighted by Gasteiger charge is 2.24. The minimum Gasteiger partial charge on any atom is -0.507 e. The summed E-state index contributed by atoms with van der Waals surface area (Å²) in [6, 6.07) is 24.3. The molecule has 3 N–H and O–H groups in total. The summed E-state index contributed by atoms with van der Waals surface area (Å²) >= 11 is 0. The fourth-order valence-electron chi connectivity index (χ4n) is 4.69. The Kier molecular flexibility index (Phi) is 5.76. The van der Waals surface area contributed by atoms with Gasteiger partial charge in [-0.3, -0.25) is 9.59 Å². The van der Waals surface area contributed by atoms with Gasteiger partial charge in [-0.05, 0) is 72.4 Å². The van der Waals surface area contributed by atoms with Crippen LogP contribution in [0.4, 0.5) is 5.69 Å². The van der Waals surface area contributed by atoms with Crippen molar-refractivity contribution in [3.05, 3.63) is 107 Å². The second kappa shape index (κ2) is 9.02. The Hall–Kier alpha value is -4.12. The first-order valence-corrected chi connectivity index (χ1v) is 11.5. The van der Waals surface area contributed by atoms with E-state index in [1.165, 1.54) is 11.6 Å². The predicted molar refractivity (Wildman–Crippen MR) is 134 cm³/mol. The van der Waals surface area contributed by atoms with E-state index >= 15 is 0 Å². The number of amides is 2. The molecule has 34 heavy (non-hydrogen) atoms. The molecular weight excluding hydrogens is 424 g/mol. The van der Waals surface area contributed by atoms with Crippen LogP contribution in [0.25, 0.3) is 10.8 Å². The van der Waals surface area contributed by atoms with Crippen LogP contribution in [0, 0.1) is 6.92 Å². The largest absolute Gasteiger partial charge is 0.507 e. The zero-order valence-corrected chi connectivity index (χ0v) is 19.0. The van der Waals surface area contributed by atoms with Gasteiger partial charge in [0.05, 0.1) is 22.9 Å². The van der Waals surface area contributed by atoms with Crippen molar-refractivity contribution in [1.29, 1.82) is 0 Å². The van der Waals surface area contributed by atoms with Gasteiger partial charge in [-0.1, -0.05) is 60.2 Å². The molecule has 0 heterocycles. The maximum absolute atomic E-state index is 13.5. The highest BCUT2D eigenvalue weighted by Crippen LogP contribution is 2.31. The molecule has 0 aromatic heterocycles. The zero-order chi connectivity index (χ0) is 23.7.